The highest BCUT2D eigenvalue weighted by Crippen LogP contribution is 2.22. The molecule has 0 amide bonds. The molecule has 0 aliphatic rings. The van der Waals surface area contributed by atoms with Crippen LogP contribution in [0.4, 0.5) is 0 Å². The van der Waals surface area contributed by atoms with Crippen molar-refractivity contribution in [3.05, 3.63) is 58.1 Å². The highest BCUT2D eigenvalue weighted by molar-refractivity contribution is 6.58. The van der Waals surface area contributed by atoms with E-state index in [0.717, 1.165) is 5.56 Å². The zero-order valence-corrected chi connectivity index (χ0v) is 11.4. The Kier molecular flexibility index (Phi) is 4.72. The van der Waals surface area contributed by atoms with E-state index in [1.807, 2.05) is 0 Å². The first-order chi connectivity index (χ1) is 9.06. The number of hydrogen-bond acceptors (Lipinski definition) is 3. The van der Waals surface area contributed by atoms with Crippen LogP contribution in [0.1, 0.15) is 5.56 Å². The van der Waals surface area contributed by atoms with Crippen LogP contribution in [0.2, 0.25) is 10.0 Å². The number of halogens is 2. The SMILES string of the molecule is OB(O)c1ccc(OCc2ccc(Cl)cc2Cl)cc1. The first-order valence-corrected chi connectivity index (χ1v) is 6.34. The van der Waals surface area contributed by atoms with Crippen LogP contribution in [0.5, 0.6) is 5.75 Å². The normalized spacial score (nSPS) is 10.3. The van der Waals surface area contributed by atoms with Crippen molar-refractivity contribution in [2.45, 2.75) is 6.61 Å². The van der Waals surface area contributed by atoms with E-state index in [9.17, 15) is 0 Å². The van der Waals surface area contributed by atoms with Crippen molar-refractivity contribution >= 4 is 35.8 Å². The second kappa shape index (κ2) is 6.30. The van der Waals surface area contributed by atoms with E-state index < -0.39 is 7.12 Å². The van der Waals surface area contributed by atoms with Gasteiger partial charge >= 0.3 is 7.12 Å². The molecule has 0 atom stereocenters. The summed E-state index contributed by atoms with van der Waals surface area (Å²) in [5.41, 5.74) is 1.24. The van der Waals surface area contributed by atoms with Gasteiger partial charge in [-0.2, -0.15) is 0 Å². The van der Waals surface area contributed by atoms with Crippen molar-refractivity contribution in [2.75, 3.05) is 0 Å². The Labute approximate surface area is 121 Å². The maximum atomic E-state index is 8.97. The zero-order valence-electron chi connectivity index (χ0n) is 9.88. The van der Waals surface area contributed by atoms with Gasteiger partial charge < -0.3 is 14.8 Å². The molecule has 0 saturated carbocycles. The molecule has 2 aromatic carbocycles. The van der Waals surface area contributed by atoms with Gasteiger partial charge in [0.05, 0.1) is 0 Å². The lowest BCUT2D eigenvalue weighted by Crippen LogP contribution is -2.29. The van der Waals surface area contributed by atoms with E-state index in [-0.39, 0.29) is 0 Å². The van der Waals surface area contributed by atoms with Gasteiger partial charge in [-0.25, -0.2) is 0 Å². The molecule has 0 bridgehead atoms. The van der Waals surface area contributed by atoms with Crippen molar-refractivity contribution in [1.29, 1.82) is 0 Å². The van der Waals surface area contributed by atoms with Crippen LogP contribution in [0.3, 0.4) is 0 Å². The Morgan fingerprint density at radius 2 is 1.68 bits per heavy atom. The Morgan fingerprint density at radius 1 is 1.00 bits per heavy atom. The third-order valence-corrected chi connectivity index (χ3v) is 3.17. The van der Waals surface area contributed by atoms with Crippen LogP contribution < -0.4 is 10.2 Å². The summed E-state index contributed by atoms with van der Waals surface area (Å²) in [5.74, 6) is 0.621. The number of hydrogen-bond donors (Lipinski definition) is 2. The standard InChI is InChI=1S/C13H11BCl2O3/c15-11-4-1-9(13(16)7-11)8-19-12-5-2-10(3-6-12)14(17)18/h1-7,17-18H,8H2. The first-order valence-electron chi connectivity index (χ1n) is 5.59. The van der Waals surface area contributed by atoms with E-state index >= 15 is 0 Å². The highest BCUT2D eigenvalue weighted by atomic mass is 35.5. The van der Waals surface area contributed by atoms with E-state index in [1.165, 1.54) is 0 Å². The molecule has 0 aliphatic heterocycles. The van der Waals surface area contributed by atoms with Crippen molar-refractivity contribution in [1.82, 2.24) is 0 Å². The molecular formula is C13H11BCl2O3. The van der Waals surface area contributed by atoms with Crippen LogP contribution in [-0.4, -0.2) is 17.2 Å². The summed E-state index contributed by atoms with van der Waals surface area (Å²) >= 11 is 11.8. The molecule has 0 aromatic heterocycles. The molecule has 0 radical (unpaired) electrons. The second-order valence-corrected chi connectivity index (χ2v) is 4.81. The molecule has 0 saturated heterocycles. The summed E-state index contributed by atoms with van der Waals surface area (Å²) in [6, 6.07) is 11.7. The minimum atomic E-state index is -1.47. The van der Waals surface area contributed by atoms with Crippen LogP contribution in [0.15, 0.2) is 42.5 Å². The topological polar surface area (TPSA) is 49.7 Å². The molecule has 3 nitrogen and oxygen atoms in total. The van der Waals surface area contributed by atoms with Gasteiger partial charge in [0.1, 0.15) is 12.4 Å². The van der Waals surface area contributed by atoms with Crippen molar-refractivity contribution in [3.63, 3.8) is 0 Å². The quantitative estimate of drug-likeness (QED) is 0.851. The van der Waals surface area contributed by atoms with Crippen LogP contribution in [-0.2, 0) is 6.61 Å². The fraction of sp³-hybridized carbons (Fsp3) is 0.0769. The van der Waals surface area contributed by atoms with E-state index in [4.69, 9.17) is 38.0 Å². The molecule has 0 spiro atoms. The maximum absolute atomic E-state index is 8.97. The van der Waals surface area contributed by atoms with Gasteiger partial charge in [0.25, 0.3) is 0 Å². The number of ether oxygens (including phenoxy) is 1. The van der Waals surface area contributed by atoms with Gasteiger partial charge in [-0.15, -0.1) is 0 Å². The third-order valence-electron chi connectivity index (χ3n) is 2.59. The largest absolute Gasteiger partial charge is 0.489 e. The number of benzene rings is 2. The van der Waals surface area contributed by atoms with Crippen molar-refractivity contribution in [2.24, 2.45) is 0 Å². The van der Waals surface area contributed by atoms with Crippen LogP contribution in [0, 0.1) is 0 Å². The Morgan fingerprint density at radius 3 is 2.26 bits per heavy atom. The van der Waals surface area contributed by atoms with Crippen LogP contribution >= 0.6 is 23.2 Å². The van der Waals surface area contributed by atoms with Crippen LogP contribution in [0.25, 0.3) is 0 Å². The number of rotatable bonds is 4. The molecule has 19 heavy (non-hydrogen) atoms. The molecule has 2 N–H and O–H groups in total. The second-order valence-electron chi connectivity index (χ2n) is 3.97. The van der Waals surface area contributed by atoms with E-state index in [2.05, 4.69) is 0 Å². The molecule has 98 valence electrons. The fourth-order valence-electron chi connectivity index (χ4n) is 1.54. The monoisotopic (exact) mass is 296 g/mol. The molecule has 0 aliphatic carbocycles. The molecule has 2 aromatic rings. The predicted molar refractivity (Wildman–Crippen MR) is 77.1 cm³/mol. The average molecular weight is 297 g/mol. The van der Waals surface area contributed by atoms with Gasteiger partial charge in [0, 0.05) is 15.6 Å². The van der Waals surface area contributed by atoms with Gasteiger partial charge in [-0.05, 0) is 29.7 Å². The van der Waals surface area contributed by atoms with Crippen molar-refractivity contribution < 1.29 is 14.8 Å². The summed E-state index contributed by atoms with van der Waals surface area (Å²) in [6.07, 6.45) is 0. The Bertz CT molecular complexity index is 558. The molecule has 6 heteroatoms. The van der Waals surface area contributed by atoms with Crippen molar-refractivity contribution in [3.8, 4) is 5.75 Å². The van der Waals surface area contributed by atoms with Gasteiger partial charge in [0.15, 0.2) is 0 Å². The predicted octanol–water partition coefficient (Wildman–Crippen LogP) is 2.25. The summed E-state index contributed by atoms with van der Waals surface area (Å²) in [6.45, 7) is 0.316. The summed E-state index contributed by atoms with van der Waals surface area (Å²) in [4.78, 5) is 0. The van der Waals surface area contributed by atoms with Gasteiger partial charge in [-0.1, -0.05) is 41.4 Å². The summed E-state index contributed by atoms with van der Waals surface area (Å²) in [5, 5.41) is 19.1. The minimum absolute atomic E-state index is 0.316. The lowest BCUT2D eigenvalue weighted by atomic mass is 9.80. The molecule has 0 heterocycles. The summed E-state index contributed by atoms with van der Waals surface area (Å²) < 4.78 is 5.56. The molecule has 0 unspecified atom stereocenters. The average Bonchev–Trinajstić information content (AvgIpc) is 2.38. The lowest BCUT2D eigenvalue weighted by Gasteiger charge is -2.08. The van der Waals surface area contributed by atoms with Gasteiger partial charge in [-0.3, -0.25) is 0 Å². The highest BCUT2D eigenvalue weighted by Gasteiger charge is 2.10. The molecular weight excluding hydrogens is 286 g/mol. The fourth-order valence-corrected chi connectivity index (χ4v) is 2.00. The first kappa shape index (κ1) is 14.2. The Balaban J connectivity index is 2.02. The Hall–Kier alpha value is -1.20. The summed E-state index contributed by atoms with van der Waals surface area (Å²) in [7, 11) is -1.47. The third kappa shape index (κ3) is 3.88. The van der Waals surface area contributed by atoms with E-state index in [1.54, 1.807) is 42.5 Å². The molecule has 0 fully saturated rings. The van der Waals surface area contributed by atoms with Gasteiger partial charge in [0.2, 0.25) is 0 Å². The molecule has 2 rings (SSSR count). The lowest BCUT2D eigenvalue weighted by molar-refractivity contribution is 0.306. The zero-order chi connectivity index (χ0) is 13.8. The maximum Gasteiger partial charge on any atom is 0.488 e. The van der Waals surface area contributed by atoms with E-state index in [0.29, 0.717) is 27.9 Å². The smallest absolute Gasteiger partial charge is 0.488 e. The minimum Gasteiger partial charge on any atom is -0.489 e.